The van der Waals surface area contributed by atoms with Gasteiger partial charge in [-0.15, -0.1) is 0 Å². The van der Waals surface area contributed by atoms with Crippen LogP contribution in [0, 0.1) is 0 Å². The normalized spacial score (nSPS) is 14.7. The number of para-hydroxylation sites is 3. The van der Waals surface area contributed by atoms with Crippen LogP contribution in [0.15, 0.2) is 194 Å². The fraction of sp³-hybridized carbons (Fsp3) is 0.129. The molecule has 3 nitrogen and oxygen atoms in total. The summed E-state index contributed by atoms with van der Waals surface area (Å²) in [5, 5.41) is 2.56. The highest BCUT2D eigenvalue weighted by Gasteiger charge is 2.45. The van der Waals surface area contributed by atoms with E-state index in [1.54, 1.807) is 0 Å². The van der Waals surface area contributed by atoms with E-state index in [0.29, 0.717) is 0 Å². The topological polar surface area (TPSA) is 11.4 Å². The second kappa shape index (κ2) is 15.0. The van der Waals surface area contributed by atoms with E-state index >= 15 is 0 Å². The molecule has 2 aliphatic heterocycles. The Morgan fingerprint density at radius 2 is 0.848 bits per heavy atom. The van der Waals surface area contributed by atoms with Gasteiger partial charge in [0, 0.05) is 50.3 Å². The zero-order valence-electron chi connectivity index (χ0n) is 37.1. The van der Waals surface area contributed by atoms with Crippen LogP contribution in [0.25, 0.3) is 49.7 Å². The van der Waals surface area contributed by atoms with E-state index < -0.39 is 0 Å². The molecule has 0 fully saturated rings. The van der Waals surface area contributed by atoms with Gasteiger partial charge in [-0.05, 0) is 144 Å². The molecule has 2 aliphatic carbocycles. The van der Waals surface area contributed by atoms with Gasteiger partial charge < -0.3 is 14.4 Å². The number of aryl methyl sites for hydroxylation is 2. The van der Waals surface area contributed by atoms with Crippen molar-refractivity contribution in [2.45, 2.75) is 51.4 Å². The highest BCUT2D eigenvalue weighted by Crippen LogP contribution is 2.52. The number of fused-ring (bicyclic) bond motifs is 9. The maximum Gasteiger partial charge on any atom is 0.252 e. The number of rotatable bonds is 5. The first-order valence-electron chi connectivity index (χ1n) is 24.1. The summed E-state index contributed by atoms with van der Waals surface area (Å²) < 4.78 is 2.49. The Morgan fingerprint density at radius 1 is 0.364 bits per heavy atom. The average Bonchev–Trinajstić information content (AvgIpc) is 3.73. The Kier molecular flexibility index (Phi) is 8.59. The van der Waals surface area contributed by atoms with Gasteiger partial charge in [-0.2, -0.15) is 0 Å². The summed E-state index contributed by atoms with van der Waals surface area (Å²) in [5.74, 6) is 0. The Morgan fingerprint density at radius 3 is 1.45 bits per heavy atom. The molecule has 10 aromatic rings. The Bertz CT molecular complexity index is 3520. The van der Waals surface area contributed by atoms with Gasteiger partial charge in [0.05, 0.1) is 22.4 Å². The Balaban J connectivity index is 1.10. The van der Waals surface area contributed by atoms with Crippen LogP contribution < -0.4 is 26.2 Å². The maximum absolute atomic E-state index is 2.72. The molecular formula is C62H48BN3. The lowest BCUT2D eigenvalue weighted by Crippen LogP contribution is -2.61. The van der Waals surface area contributed by atoms with Crippen molar-refractivity contribution in [3.8, 4) is 27.9 Å². The fourth-order valence-corrected chi connectivity index (χ4v) is 12.5. The lowest BCUT2D eigenvalue weighted by molar-refractivity contribution is 0.686. The second-order valence-electron chi connectivity index (χ2n) is 18.8. The lowest BCUT2D eigenvalue weighted by atomic mass is 9.33. The molecule has 0 unspecified atom stereocenters. The van der Waals surface area contributed by atoms with E-state index in [1.807, 2.05) is 0 Å². The van der Waals surface area contributed by atoms with Crippen LogP contribution in [0.3, 0.4) is 0 Å². The SMILES string of the molecule is c1ccc(-c2ccc3c(c2N2c4ccccc4B4c5ccc(-n6c7ccccc7c7ccccc76)cc5N(c5c(-c6ccccc6)ccc6c5CCCC6)c5cccc2c54)CCCC3)cc1. The molecular weight excluding hydrogens is 798 g/mol. The maximum atomic E-state index is 2.72. The van der Waals surface area contributed by atoms with Gasteiger partial charge in [0.1, 0.15) is 0 Å². The number of aromatic nitrogens is 1. The zero-order chi connectivity index (χ0) is 43.3. The van der Waals surface area contributed by atoms with Crippen LogP contribution in [0.4, 0.5) is 34.1 Å². The van der Waals surface area contributed by atoms with Crippen molar-refractivity contribution in [2.75, 3.05) is 9.80 Å². The third-order valence-electron chi connectivity index (χ3n) is 15.3. The zero-order valence-corrected chi connectivity index (χ0v) is 37.1. The summed E-state index contributed by atoms with van der Waals surface area (Å²) in [7, 11) is 0. The molecule has 0 atom stereocenters. The van der Waals surface area contributed by atoms with Crippen molar-refractivity contribution in [3.63, 3.8) is 0 Å². The van der Waals surface area contributed by atoms with Crippen LogP contribution in [-0.2, 0) is 25.7 Å². The van der Waals surface area contributed by atoms with E-state index in [-0.39, 0.29) is 6.71 Å². The molecule has 0 N–H and O–H groups in total. The quantitative estimate of drug-likeness (QED) is 0.160. The van der Waals surface area contributed by atoms with Crippen LogP contribution in [0.1, 0.15) is 47.9 Å². The summed E-state index contributed by atoms with van der Waals surface area (Å²) >= 11 is 0. The van der Waals surface area contributed by atoms with E-state index in [0.717, 1.165) is 25.7 Å². The fourth-order valence-electron chi connectivity index (χ4n) is 12.5. The predicted octanol–water partition coefficient (Wildman–Crippen LogP) is 14.0. The molecule has 0 spiro atoms. The van der Waals surface area contributed by atoms with E-state index in [1.165, 1.54) is 148 Å². The summed E-state index contributed by atoms with van der Waals surface area (Å²) in [6.07, 6.45) is 9.25. The summed E-state index contributed by atoms with van der Waals surface area (Å²) in [6.45, 7) is 0.0292. The molecule has 0 amide bonds. The lowest BCUT2D eigenvalue weighted by Gasteiger charge is -2.46. The minimum atomic E-state index is 0.0292. The summed E-state index contributed by atoms with van der Waals surface area (Å²) in [5.41, 5.74) is 26.5. The summed E-state index contributed by atoms with van der Waals surface area (Å²) in [6, 6.07) is 73.7. The third-order valence-corrected chi connectivity index (χ3v) is 15.3. The molecule has 1 aromatic heterocycles. The molecule has 0 bridgehead atoms. The third kappa shape index (κ3) is 5.57. The number of benzene rings is 9. The van der Waals surface area contributed by atoms with E-state index in [4.69, 9.17) is 0 Å². The molecule has 9 aromatic carbocycles. The molecule has 314 valence electrons. The minimum Gasteiger partial charge on any atom is -0.311 e. The molecule has 0 radical (unpaired) electrons. The molecule has 0 saturated heterocycles. The van der Waals surface area contributed by atoms with Gasteiger partial charge in [-0.25, -0.2) is 0 Å². The first-order valence-corrected chi connectivity index (χ1v) is 24.1. The van der Waals surface area contributed by atoms with Crippen molar-refractivity contribution in [2.24, 2.45) is 0 Å². The van der Waals surface area contributed by atoms with Crippen molar-refractivity contribution in [1.82, 2.24) is 4.57 Å². The Labute approximate surface area is 387 Å². The minimum absolute atomic E-state index is 0.0292. The standard InChI is InChI=1S/C62H48BN3/c1-3-18-41(19-4-1)48-37-34-43-22-7-9-24-46(43)61(48)65-56-31-16-13-28-52(56)63-53-39-36-45(64-54-29-14-11-26-50(54)51-27-12-15-30-55(51)64)40-59(53)66(58-33-17-32-57(65)60(58)63)62-47-25-10-8-23-44(47)35-38-49(62)42-20-5-2-6-21-42/h1-6,11-21,26-40H,7-10,22-25H2. The number of hydrogen-bond acceptors (Lipinski definition) is 2. The van der Waals surface area contributed by atoms with Gasteiger partial charge in [-0.3, -0.25) is 0 Å². The van der Waals surface area contributed by atoms with Crippen molar-refractivity contribution >= 4 is 79.0 Å². The number of anilines is 6. The van der Waals surface area contributed by atoms with E-state index in [9.17, 15) is 0 Å². The van der Waals surface area contributed by atoms with Gasteiger partial charge in [0.2, 0.25) is 0 Å². The summed E-state index contributed by atoms with van der Waals surface area (Å²) in [4.78, 5) is 5.41. The average molecular weight is 846 g/mol. The first kappa shape index (κ1) is 37.8. The van der Waals surface area contributed by atoms with E-state index in [2.05, 4.69) is 208 Å². The molecule has 4 heteroatoms. The van der Waals surface area contributed by atoms with Crippen LogP contribution in [0.5, 0.6) is 0 Å². The Hall–Kier alpha value is -7.56. The van der Waals surface area contributed by atoms with Crippen LogP contribution in [-0.4, -0.2) is 11.3 Å². The molecule has 4 aliphatic rings. The number of hydrogen-bond donors (Lipinski definition) is 0. The smallest absolute Gasteiger partial charge is 0.252 e. The van der Waals surface area contributed by atoms with Gasteiger partial charge in [-0.1, -0.05) is 152 Å². The van der Waals surface area contributed by atoms with Gasteiger partial charge >= 0.3 is 0 Å². The van der Waals surface area contributed by atoms with Crippen LogP contribution in [0.2, 0.25) is 0 Å². The monoisotopic (exact) mass is 845 g/mol. The second-order valence-corrected chi connectivity index (χ2v) is 18.8. The molecule has 0 saturated carbocycles. The molecule has 66 heavy (non-hydrogen) atoms. The van der Waals surface area contributed by atoms with Gasteiger partial charge in [0.25, 0.3) is 6.71 Å². The molecule has 14 rings (SSSR count). The van der Waals surface area contributed by atoms with Gasteiger partial charge in [0.15, 0.2) is 0 Å². The van der Waals surface area contributed by atoms with Crippen molar-refractivity contribution in [3.05, 3.63) is 216 Å². The predicted molar refractivity (Wildman–Crippen MR) is 279 cm³/mol. The highest BCUT2D eigenvalue weighted by molar-refractivity contribution is 7.00. The molecule has 3 heterocycles. The number of nitrogens with zero attached hydrogens (tertiary/aromatic N) is 3. The van der Waals surface area contributed by atoms with Crippen molar-refractivity contribution < 1.29 is 0 Å². The first-order chi connectivity index (χ1) is 32.8. The largest absolute Gasteiger partial charge is 0.311 e. The van der Waals surface area contributed by atoms with Crippen LogP contribution >= 0.6 is 0 Å². The van der Waals surface area contributed by atoms with Crippen molar-refractivity contribution in [1.29, 1.82) is 0 Å². The highest BCUT2D eigenvalue weighted by atomic mass is 15.2.